The summed E-state index contributed by atoms with van der Waals surface area (Å²) in [6, 6.07) is 3.15. The van der Waals surface area contributed by atoms with E-state index in [2.05, 4.69) is 5.32 Å². The third kappa shape index (κ3) is 8.54. The molecule has 2 bridgehead atoms. The molecule has 0 saturated carbocycles. The molecule has 1 aromatic carbocycles. The number of nitrogens with one attached hydrogen (secondary N) is 1. The maximum atomic E-state index is 12.9. The van der Waals surface area contributed by atoms with E-state index in [1.54, 1.807) is 32.1 Å². The Morgan fingerprint density at radius 1 is 1.12 bits per heavy atom. The van der Waals surface area contributed by atoms with Crippen molar-refractivity contribution in [2.75, 3.05) is 19.5 Å². The fourth-order valence-electron chi connectivity index (χ4n) is 5.29. The lowest BCUT2D eigenvalue weighted by Gasteiger charge is -2.31. The Morgan fingerprint density at radius 3 is 2.35 bits per heavy atom. The summed E-state index contributed by atoms with van der Waals surface area (Å²) in [5, 5.41) is 36.1. The first-order valence-corrected chi connectivity index (χ1v) is 13.7. The van der Waals surface area contributed by atoms with E-state index in [1.807, 2.05) is 20.8 Å². The standard InChI is InChI=1S/C30H46N2O8/c1-8-21-22-14-20(15-23(21)33)32-29(36)16(2)10-9-11-24(38-6)28(40-30(31)37)19(5)12-17(3)27(35)25(39-7)13-18(4)26(22)34/h10,12,14-15,17-18,24-28,33-35H,8-9,11,13H2,1-7H3,(H2,31,37)(H,32,36)/b16-10+,19-12+/t17-,18-,24+,25-,26+,27+,28-/m0/s1. The van der Waals surface area contributed by atoms with Crippen LogP contribution in [0.25, 0.3) is 0 Å². The molecule has 0 unspecified atom stereocenters. The van der Waals surface area contributed by atoms with Crippen molar-refractivity contribution >= 4 is 17.7 Å². The number of benzene rings is 1. The summed E-state index contributed by atoms with van der Waals surface area (Å²) < 4.78 is 16.7. The number of carbonyl (C=O) groups is 2. The molecule has 1 aliphatic heterocycles. The predicted octanol–water partition coefficient (Wildman–Crippen LogP) is 4.13. The molecule has 10 heteroatoms. The minimum Gasteiger partial charge on any atom is -0.508 e. The van der Waals surface area contributed by atoms with Gasteiger partial charge >= 0.3 is 6.09 Å². The second-order valence-corrected chi connectivity index (χ2v) is 10.7. The van der Waals surface area contributed by atoms with Crippen LogP contribution in [0, 0.1) is 11.8 Å². The van der Waals surface area contributed by atoms with Gasteiger partial charge < -0.3 is 40.6 Å². The first-order valence-electron chi connectivity index (χ1n) is 13.7. The van der Waals surface area contributed by atoms with E-state index in [0.29, 0.717) is 53.6 Å². The molecule has 40 heavy (non-hydrogen) atoms. The molecule has 10 nitrogen and oxygen atoms in total. The van der Waals surface area contributed by atoms with Crippen molar-refractivity contribution in [2.24, 2.45) is 17.6 Å². The number of hydrogen-bond donors (Lipinski definition) is 5. The zero-order valence-corrected chi connectivity index (χ0v) is 24.6. The lowest BCUT2D eigenvalue weighted by atomic mass is 9.85. The number of ether oxygens (including phenoxy) is 3. The molecule has 1 heterocycles. The number of phenols is 1. The molecular weight excluding hydrogens is 516 g/mol. The van der Waals surface area contributed by atoms with Gasteiger partial charge in [0.25, 0.3) is 5.91 Å². The lowest BCUT2D eigenvalue weighted by Crippen LogP contribution is -2.38. The van der Waals surface area contributed by atoms with E-state index in [1.165, 1.54) is 20.3 Å². The van der Waals surface area contributed by atoms with Crippen molar-refractivity contribution in [1.82, 2.24) is 0 Å². The maximum Gasteiger partial charge on any atom is 0.405 e. The summed E-state index contributed by atoms with van der Waals surface area (Å²) in [5.41, 5.74) is 7.90. The van der Waals surface area contributed by atoms with Gasteiger partial charge in [-0.2, -0.15) is 0 Å². The number of phenolic OH excluding ortho intramolecular Hbond substituents is 1. The third-order valence-corrected chi connectivity index (χ3v) is 7.67. The van der Waals surface area contributed by atoms with Crippen LogP contribution in [0.2, 0.25) is 0 Å². The molecule has 0 saturated heterocycles. The topological polar surface area (TPSA) is 161 Å². The number of hydrogen-bond acceptors (Lipinski definition) is 8. The van der Waals surface area contributed by atoms with E-state index < -0.39 is 42.5 Å². The minimum absolute atomic E-state index is 0.0185. The van der Waals surface area contributed by atoms with Crippen LogP contribution in [0.3, 0.4) is 0 Å². The van der Waals surface area contributed by atoms with Gasteiger partial charge in [-0.15, -0.1) is 0 Å². The summed E-state index contributed by atoms with van der Waals surface area (Å²) in [4.78, 5) is 24.7. The van der Waals surface area contributed by atoms with Gasteiger partial charge in [-0.3, -0.25) is 4.79 Å². The van der Waals surface area contributed by atoms with Gasteiger partial charge in [0.05, 0.1) is 24.4 Å². The minimum atomic E-state index is -0.996. The van der Waals surface area contributed by atoms with Crippen LogP contribution in [0.1, 0.15) is 71.1 Å². The molecule has 2 rings (SSSR count). The molecule has 0 radical (unpaired) electrons. The fourth-order valence-corrected chi connectivity index (χ4v) is 5.29. The fraction of sp³-hybridized carbons (Fsp3) is 0.600. The number of fused-ring (bicyclic) bond motifs is 2. The predicted molar refractivity (Wildman–Crippen MR) is 153 cm³/mol. The Kier molecular flexibility index (Phi) is 12.6. The maximum absolute atomic E-state index is 12.9. The van der Waals surface area contributed by atoms with E-state index in [-0.39, 0.29) is 17.6 Å². The second-order valence-electron chi connectivity index (χ2n) is 10.7. The SMILES string of the molecule is CCc1c(O)cc2cc1[C@H](O)[C@@H](C)C[C@H](OC)[C@H](O)[C@@H](C)/C=C(\C)[C@H](OC(N)=O)[C@H](OC)CC/C=C(\C)C(=O)N2. The monoisotopic (exact) mass is 562 g/mol. The van der Waals surface area contributed by atoms with Crippen molar-refractivity contribution in [3.63, 3.8) is 0 Å². The number of carbonyl (C=O) groups excluding carboxylic acids is 2. The highest BCUT2D eigenvalue weighted by Crippen LogP contribution is 2.36. The number of rotatable bonds is 4. The molecule has 1 aromatic rings. The third-order valence-electron chi connectivity index (χ3n) is 7.67. The first-order chi connectivity index (χ1) is 18.8. The number of anilines is 1. The van der Waals surface area contributed by atoms with Crippen LogP contribution >= 0.6 is 0 Å². The molecule has 7 atom stereocenters. The normalized spacial score (nSPS) is 31.8. The second kappa shape index (κ2) is 15.2. The number of nitrogens with two attached hydrogens (primary N) is 1. The van der Waals surface area contributed by atoms with Crippen LogP contribution < -0.4 is 11.1 Å². The molecule has 2 amide bonds. The van der Waals surface area contributed by atoms with E-state index in [9.17, 15) is 24.9 Å². The number of allylic oxidation sites excluding steroid dienone is 1. The van der Waals surface area contributed by atoms with Crippen LogP contribution in [0.15, 0.2) is 35.4 Å². The molecule has 0 spiro atoms. The number of primary amides is 1. The quantitative estimate of drug-likeness (QED) is 0.342. The van der Waals surface area contributed by atoms with Crippen LogP contribution in [0.4, 0.5) is 10.5 Å². The van der Waals surface area contributed by atoms with Crippen molar-refractivity contribution < 1.29 is 39.1 Å². The first kappa shape index (κ1) is 33.3. The summed E-state index contributed by atoms with van der Waals surface area (Å²) in [5.74, 6) is -1.16. The Hall–Kier alpha value is -2.92. The van der Waals surface area contributed by atoms with Crippen LogP contribution in [0.5, 0.6) is 5.75 Å². The number of methoxy groups -OCH3 is 2. The largest absolute Gasteiger partial charge is 0.508 e. The average molecular weight is 563 g/mol. The van der Waals surface area contributed by atoms with Gasteiger partial charge in [0.1, 0.15) is 5.75 Å². The zero-order chi connectivity index (χ0) is 30.1. The molecule has 6 N–H and O–H groups in total. The summed E-state index contributed by atoms with van der Waals surface area (Å²) in [6.07, 6.45) is 0.311. The van der Waals surface area contributed by atoms with Crippen LogP contribution in [-0.2, 0) is 25.4 Å². The Bertz CT molecular complexity index is 1090. The average Bonchev–Trinajstić information content (AvgIpc) is 2.90. The van der Waals surface area contributed by atoms with E-state index in [4.69, 9.17) is 19.9 Å². The smallest absolute Gasteiger partial charge is 0.405 e. The molecule has 0 aromatic heterocycles. The number of aliphatic hydroxyl groups is 2. The molecule has 1 aliphatic rings. The molecule has 0 aliphatic carbocycles. The van der Waals surface area contributed by atoms with Gasteiger partial charge in [0.15, 0.2) is 6.10 Å². The summed E-state index contributed by atoms with van der Waals surface area (Å²) in [6.45, 7) is 9.00. The van der Waals surface area contributed by atoms with Crippen molar-refractivity contribution in [1.29, 1.82) is 0 Å². The van der Waals surface area contributed by atoms with Crippen LogP contribution in [-0.4, -0.2) is 66.0 Å². The van der Waals surface area contributed by atoms with Crippen molar-refractivity contribution in [3.05, 3.63) is 46.6 Å². The summed E-state index contributed by atoms with van der Waals surface area (Å²) in [7, 11) is 3.00. The Labute approximate surface area is 237 Å². The number of amides is 2. The highest BCUT2D eigenvalue weighted by Gasteiger charge is 2.32. The number of aromatic hydroxyl groups is 1. The van der Waals surface area contributed by atoms with Crippen molar-refractivity contribution in [2.45, 2.75) is 90.8 Å². The summed E-state index contributed by atoms with van der Waals surface area (Å²) >= 11 is 0. The van der Waals surface area contributed by atoms with E-state index in [0.717, 1.165) is 0 Å². The van der Waals surface area contributed by atoms with Gasteiger partial charge in [-0.1, -0.05) is 32.9 Å². The van der Waals surface area contributed by atoms with E-state index >= 15 is 0 Å². The zero-order valence-electron chi connectivity index (χ0n) is 24.6. The van der Waals surface area contributed by atoms with Crippen molar-refractivity contribution in [3.8, 4) is 5.75 Å². The lowest BCUT2D eigenvalue weighted by molar-refractivity contribution is -0.112. The number of aliphatic hydroxyl groups excluding tert-OH is 2. The van der Waals surface area contributed by atoms with Gasteiger partial charge in [-0.05, 0) is 68.2 Å². The molecular formula is C30H46N2O8. The highest BCUT2D eigenvalue weighted by atomic mass is 16.6. The molecule has 224 valence electrons. The molecule has 0 fully saturated rings. The van der Waals surface area contributed by atoms with Gasteiger partial charge in [0.2, 0.25) is 0 Å². The Balaban J connectivity index is 2.59. The van der Waals surface area contributed by atoms with Gasteiger partial charge in [0, 0.05) is 37.5 Å². The van der Waals surface area contributed by atoms with Gasteiger partial charge in [-0.25, -0.2) is 4.79 Å². The Morgan fingerprint density at radius 2 is 1.77 bits per heavy atom. The highest BCUT2D eigenvalue weighted by molar-refractivity contribution is 6.03.